The van der Waals surface area contributed by atoms with Crippen molar-refractivity contribution >= 4 is 5.91 Å². The van der Waals surface area contributed by atoms with Crippen molar-refractivity contribution in [1.29, 1.82) is 0 Å². The molecule has 2 aromatic rings. The summed E-state index contributed by atoms with van der Waals surface area (Å²) in [7, 11) is 0. The van der Waals surface area contributed by atoms with Crippen LogP contribution in [0, 0.1) is 6.92 Å². The van der Waals surface area contributed by atoms with Crippen molar-refractivity contribution in [2.75, 3.05) is 0 Å². The molecule has 1 aliphatic rings. The highest BCUT2D eigenvalue weighted by Gasteiger charge is 2.38. The molecule has 3 heteroatoms. The summed E-state index contributed by atoms with van der Waals surface area (Å²) in [5.74, 6) is -0.337. The summed E-state index contributed by atoms with van der Waals surface area (Å²) in [5.41, 5.74) is 14.5. The molecule has 0 bridgehead atoms. The number of amides is 1. The Morgan fingerprint density at radius 1 is 1.00 bits per heavy atom. The molecular weight excluding hydrogens is 368 g/mol. The third-order valence-electron chi connectivity index (χ3n) is 7.60. The van der Waals surface area contributed by atoms with E-state index in [2.05, 4.69) is 65.2 Å². The minimum Gasteiger partial charge on any atom is -0.366 e. The van der Waals surface area contributed by atoms with Crippen LogP contribution in [-0.2, 0) is 17.3 Å². The largest absolute Gasteiger partial charge is 0.366 e. The highest BCUT2D eigenvalue weighted by molar-refractivity contribution is 5.96. The zero-order valence-corrected chi connectivity index (χ0v) is 20.3. The lowest BCUT2D eigenvalue weighted by Crippen LogP contribution is -2.34. The van der Waals surface area contributed by atoms with Crippen molar-refractivity contribution in [3.8, 4) is 11.3 Å². The van der Waals surface area contributed by atoms with E-state index in [-0.39, 0.29) is 16.7 Å². The van der Waals surface area contributed by atoms with Gasteiger partial charge in [0.25, 0.3) is 5.91 Å². The first-order valence-electron chi connectivity index (χ1n) is 11.7. The molecule has 0 unspecified atom stereocenters. The molecule has 1 aromatic carbocycles. The number of nitrogens with two attached hydrogens (primary N) is 1. The lowest BCUT2D eigenvalue weighted by atomic mass is 9.62. The molecule has 164 valence electrons. The number of benzene rings is 1. The van der Waals surface area contributed by atoms with E-state index >= 15 is 0 Å². The minimum absolute atomic E-state index is 0.153. The predicted octanol–water partition coefficient (Wildman–Crippen LogP) is 6.83. The molecule has 30 heavy (non-hydrogen) atoms. The van der Waals surface area contributed by atoms with Crippen LogP contribution in [0.15, 0.2) is 18.2 Å². The number of hydrogen-bond acceptors (Lipinski definition) is 1. The molecule has 1 aliphatic carbocycles. The highest BCUT2D eigenvalue weighted by Crippen LogP contribution is 2.48. The molecule has 0 atom stereocenters. The molecule has 2 N–H and O–H groups in total. The molecule has 1 aromatic heterocycles. The van der Waals surface area contributed by atoms with Gasteiger partial charge in [-0.05, 0) is 78.7 Å². The van der Waals surface area contributed by atoms with Crippen molar-refractivity contribution in [1.82, 2.24) is 4.57 Å². The second-order valence-corrected chi connectivity index (χ2v) is 10.4. The van der Waals surface area contributed by atoms with Crippen LogP contribution in [0.25, 0.3) is 11.3 Å². The Labute approximate surface area is 183 Å². The van der Waals surface area contributed by atoms with Gasteiger partial charge in [-0.3, -0.25) is 4.79 Å². The van der Waals surface area contributed by atoms with Crippen LogP contribution in [0.4, 0.5) is 0 Å². The van der Waals surface area contributed by atoms with Gasteiger partial charge >= 0.3 is 0 Å². The number of carbonyl (C=O) groups excluding carboxylic acids is 1. The number of hydrogen-bond donors (Lipinski definition) is 1. The molecule has 0 saturated carbocycles. The number of aromatic nitrogens is 1. The van der Waals surface area contributed by atoms with Gasteiger partial charge in [-0.2, -0.15) is 0 Å². The van der Waals surface area contributed by atoms with Crippen molar-refractivity contribution in [2.45, 2.75) is 104 Å². The molecule has 1 heterocycles. The second-order valence-electron chi connectivity index (χ2n) is 10.4. The van der Waals surface area contributed by atoms with Gasteiger partial charge in [0.2, 0.25) is 0 Å². The van der Waals surface area contributed by atoms with Gasteiger partial charge in [0.15, 0.2) is 0 Å². The van der Waals surface area contributed by atoms with Crippen molar-refractivity contribution in [2.24, 2.45) is 5.73 Å². The average Bonchev–Trinajstić information content (AvgIpc) is 3.03. The Kier molecular flexibility index (Phi) is 5.97. The molecule has 3 rings (SSSR count). The molecule has 0 fully saturated rings. The summed E-state index contributed by atoms with van der Waals surface area (Å²) in [6.45, 7) is 18.2. The molecule has 1 amide bonds. The zero-order valence-electron chi connectivity index (χ0n) is 20.3. The summed E-state index contributed by atoms with van der Waals surface area (Å²) < 4.78 is 2.38. The Bertz CT molecular complexity index is 958. The van der Waals surface area contributed by atoms with Crippen molar-refractivity contribution in [3.63, 3.8) is 0 Å². The Morgan fingerprint density at radius 2 is 1.53 bits per heavy atom. The molecular formula is C27H40N2O. The summed E-state index contributed by atoms with van der Waals surface area (Å²) in [6.07, 6.45) is 5.43. The fourth-order valence-electron chi connectivity index (χ4n) is 5.39. The van der Waals surface area contributed by atoms with E-state index in [1.54, 1.807) is 0 Å². The topological polar surface area (TPSA) is 48.0 Å². The molecule has 0 radical (unpaired) electrons. The van der Waals surface area contributed by atoms with Gasteiger partial charge in [-0.15, -0.1) is 0 Å². The van der Waals surface area contributed by atoms with Crippen LogP contribution >= 0.6 is 0 Å². The smallest absolute Gasteiger partial charge is 0.250 e. The zero-order chi connectivity index (χ0) is 22.4. The van der Waals surface area contributed by atoms with E-state index in [0.717, 1.165) is 30.7 Å². The van der Waals surface area contributed by atoms with Crippen LogP contribution in [0.3, 0.4) is 0 Å². The van der Waals surface area contributed by atoms with Gasteiger partial charge in [-0.1, -0.05) is 54.5 Å². The summed E-state index contributed by atoms with van der Waals surface area (Å²) in [5, 5.41) is 0. The van der Waals surface area contributed by atoms with Crippen LogP contribution in [0.5, 0.6) is 0 Å². The van der Waals surface area contributed by atoms with Crippen LogP contribution in [0.2, 0.25) is 0 Å². The normalized spacial score (nSPS) is 17.2. The standard InChI is InChI=1S/C27H40N2O/c1-9-18-14-22-23(27(7,8)13-12-26(22,5)6)15-21(18)24-16-20(25(28)30)17(4)29(24)19(10-2)11-3/h14-16,19H,9-13H2,1-8H3,(H2,28,30). The van der Waals surface area contributed by atoms with E-state index in [1.165, 1.54) is 35.1 Å². The Balaban J connectivity index is 2.36. The number of aryl methyl sites for hydroxylation is 1. The number of primary amides is 1. The molecule has 0 aliphatic heterocycles. The van der Waals surface area contributed by atoms with Gasteiger partial charge < -0.3 is 10.3 Å². The monoisotopic (exact) mass is 408 g/mol. The maximum Gasteiger partial charge on any atom is 0.250 e. The summed E-state index contributed by atoms with van der Waals surface area (Å²) in [6, 6.07) is 7.29. The van der Waals surface area contributed by atoms with E-state index in [4.69, 9.17) is 5.73 Å². The number of carbonyl (C=O) groups is 1. The fourth-order valence-corrected chi connectivity index (χ4v) is 5.39. The third kappa shape index (κ3) is 3.61. The maximum absolute atomic E-state index is 12.2. The van der Waals surface area contributed by atoms with Crippen LogP contribution < -0.4 is 5.73 Å². The minimum atomic E-state index is -0.337. The quantitative estimate of drug-likeness (QED) is 0.559. The predicted molar refractivity (Wildman–Crippen MR) is 127 cm³/mol. The lowest BCUT2D eigenvalue weighted by molar-refractivity contribution is 0.0999. The second kappa shape index (κ2) is 7.90. The van der Waals surface area contributed by atoms with E-state index in [9.17, 15) is 4.79 Å². The molecule has 0 spiro atoms. The first-order valence-corrected chi connectivity index (χ1v) is 11.7. The molecule has 0 saturated heterocycles. The van der Waals surface area contributed by atoms with Gasteiger partial charge in [0.05, 0.1) is 5.56 Å². The average molecular weight is 409 g/mol. The number of fused-ring (bicyclic) bond motifs is 1. The number of nitrogens with zero attached hydrogens (tertiary/aromatic N) is 1. The van der Waals surface area contributed by atoms with Gasteiger partial charge in [0.1, 0.15) is 0 Å². The fraction of sp³-hybridized carbons (Fsp3) is 0.593. The van der Waals surface area contributed by atoms with E-state index in [0.29, 0.717) is 11.6 Å². The first kappa shape index (κ1) is 22.7. The lowest BCUT2D eigenvalue weighted by Gasteiger charge is -2.42. The molecule has 3 nitrogen and oxygen atoms in total. The highest BCUT2D eigenvalue weighted by atomic mass is 16.1. The van der Waals surface area contributed by atoms with Crippen molar-refractivity contribution in [3.05, 3.63) is 46.1 Å². The third-order valence-corrected chi connectivity index (χ3v) is 7.60. The first-order chi connectivity index (χ1) is 14.0. The van der Waals surface area contributed by atoms with Crippen LogP contribution in [0.1, 0.15) is 113 Å². The summed E-state index contributed by atoms with van der Waals surface area (Å²) >= 11 is 0. The maximum atomic E-state index is 12.2. The Hall–Kier alpha value is -2.03. The van der Waals surface area contributed by atoms with Crippen molar-refractivity contribution < 1.29 is 4.79 Å². The van der Waals surface area contributed by atoms with Gasteiger partial charge in [-0.25, -0.2) is 0 Å². The number of rotatable bonds is 6. The van der Waals surface area contributed by atoms with Gasteiger partial charge in [0, 0.05) is 23.0 Å². The van der Waals surface area contributed by atoms with E-state index in [1.807, 2.05) is 13.0 Å². The van der Waals surface area contributed by atoms with Crippen LogP contribution in [-0.4, -0.2) is 10.5 Å². The Morgan fingerprint density at radius 3 is 2.00 bits per heavy atom. The summed E-state index contributed by atoms with van der Waals surface area (Å²) in [4.78, 5) is 12.2. The SMILES string of the molecule is CCc1cc2c(cc1-c1cc(C(N)=O)c(C)n1C(CC)CC)C(C)(C)CCC2(C)C. The van der Waals surface area contributed by atoms with E-state index < -0.39 is 0 Å².